The van der Waals surface area contributed by atoms with Crippen LogP contribution >= 0.6 is 0 Å². The van der Waals surface area contributed by atoms with Crippen molar-refractivity contribution in [3.63, 3.8) is 0 Å². The Hall–Kier alpha value is -0.940. The van der Waals surface area contributed by atoms with Crippen LogP contribution in [0.15, 0.2) is 30.3 Å². The first-order chi connectivity index (χ1) is 9.74. The minimum atomic E-state index is 0.384. The highest BCUT2D eigenvalue weighted by atomic mass is 16.5. The van der Waals surface area contributed by atoms with Crippen molar-refractivity contribution in [2.45, 2.75) is 12.1 Å². The second-order valence-electron chi connectivity index (χ2n) is 5.62. The molecule has 112 valence electrons. The molecule has 1 heterocycles. The lowest BCUT2D eigenvalue weighted by atomic mass is 10.0. The summed E-state index contributed by atoms with van der Waals surface area (Å²) in [5.74, 6) is 0. The summed E-state index contributed by atoms with van der Waals surface area (Å²) < 4.78 is 5.30. The van der Waals surface area contributed by atoms with E-state index in [1.807, 2.05) is 7.05 Å². The van der Waals surface area contributed by atoms with Crippen molar-refractivity contribution in [2.75, 3.05) is 54.0 Å². The maximum absolute atomic E-state index is 5.30. The number of hydrogen-bond acceptors (Lipinski definition) is 4. The van der Waals surface area contributed by atoms with Crippen molar-refractivity contribution in [1.82, 2.24) is 15.1 Å². The summed E-state index contributed by atoms with van der Waals surface area (Å²) in [5, 5.41) is 3.35. The fourth-order valence-electron chi connectivity index (χ4n) is 2.88. The van der Waals surface area contributed by atoms with E-state index in [0.717, 1.165) is 32.8 Å². The number of nitrogens with one attached hydrogen (secondary N) is 1. The molecule has 1 aromatic rings. The quantitative estimate of drug-likeness (QED) is 0.846. The Bertz CT molecular complexity index is 385. The molecule has 1 fully saturated rings. The standard InChI is InChI=1S/C16H27N3O/c1-17-15(13-20-3)11-19-10-9-18(2)12-16(19)14-7-5-4-6-8-14/h4-8,15-17H,9-13H2,1-3H3. The molecular weight excluding hydrogens is 250 g/mol. The van der Waals surface area contributed by atoms with Gasteiger partial charge in [0.25, 0.3) is 0 Å². The third-order valence-electron chi connectivity index (χ3n) is 4.11. The number of benzene rings is 1. The van der Waals surface area contributed by atoms with Gasteiger partial charge in [-0.1, -0.05) is 30.3 Å². The monoisotopic (exact) mass is 277 g/mol. The summed E-state index contributed by atoms with van der Waals surface area (Å²) in [4.78, 5) is 4.99. The molecule has 1 aromatic carbocycles. The van der Waals surface area contributed by atoms with Gasteiger partial charge in [0.15, 0.2) is 0 Å². The maximum Gasteiger partial charge on any atom is 0.0628 e. The summed E-state index contributed by atoms with van der Waals surface area (Å²) >= 11 is 0. The first-order valence-corrected chi connectivity index (χ1v) is 7.38. The highest BCUT2D eigenvalue weighted by molar-refractivity contribution is 5.20. The largest absolute Gasteiger partial charge is 0.383 e. The van der Waals surface area contributed by atoms with E-state index < -0.39 is 0 Å². The smallest absolute Gasteiger partial charge is 0.0628 e. The average Bonchev–Trinajstić information content (AvgIpc) is 2.49. The molecule has 0 bridgehead atoms. The van der Waals surface area contributed by atoms with Crippen molar-refractivity contribution in [2.24, 2.45) is 0 Å². The summed E-state index contributed by atoms with van der Waals surface area (Å²) in [7, 11) is 5.98. The molecule has 0 saturated carbocycles. The lowest BCUT2D eigenvalue weighted by Crippen LogP contribution is -2.51. The number of hydrogen-bond donors (Lipinski definition) is 1. The fourth-order valence-corrected chi connectivity index (χ4v) is 2.88. The minimum absolute atomic E-state index is 0.384. The molecule has 2 atom stereocenters. The van der Waals surface area contributed by atoms with Crippen molar-refractivity contribution >= 4 is 0 Å². The van der Waals surface area contributed by atoms with Crippen LogP contribution < -0.4 is 5.32 Å². The zero-order valence-corrected chi connectivity index (χ0v) is 12.9. The van der Waals surface area contributed by atoms with Gasteiger partial charge in [0.05, 0.1) is 6.61 Å². The van der Waals surface area contributed by atoms with Gasteiger partial charge in [-0.25, -0.2) is 0 Å². The summed E-state index contributed by atoms with van der Waals surface area (Å²) in [6, 6.07) is 11.7. The Morgan fingerprint density at radius 3 is 2.70 bits per heavy atom. The van der Waals surface area contributed by atoms with Gasteiger partial charge >= 0.3 is 0 Å². The minimum Gasteiger partial charge on any atom is -0.383 e. The van der Waals surface area contributed by atoms with Crippen LogP contribution in [0.2, 0.25) is 0 Å². The molecule has 1 N–H and O–H groups in total. The molecule has 0 radical (unpaired) electrons. The SMILES string of the molecule is CNC(COC)CN1CCN(C)CC1c1ccccc1. The fraction of sp³-hybridized carbons (Fsp3) is 0.625. The number of piperazine rings is 1. The van der Waals surface area contributed by atoms with E-state index in [1.54, 1.807) is 7.11 Å². The van der Waals surface area contributed by atoms with Gasteiger partial charge in [0.2, 0.25) is 0 Å². The van der Waals surface area contributed by atoms with Gasteiger partial charge in [0.1, 0.15) is 0 Å². The zero-order chi connectivity index (χ0) is 14.4. The normalized spacial score (nSPS) is 22.9. The molecule has 1 saturated heterocycles. The lowest BCUT2D eigenvalue weighted by Gasteiger charge is -2.41. The van der Waals surface area contributed by atoms with Crippen LogP contribution in [-0.4, -0.2) is 69.8 Å². The highest BCUT2D eigenvalue weighted by Crippen LogP contribution is 2.24. The average molecular weight is 277 g/mol. The van der Waals surface area contributed by atoms with Crippen LogP contribution in [0.5, 0.6) is 0 Å². The molecule has 0 aliphatic carbocycles. The predicted octanol–water partition coefficient (Wildman–Crippen LogP) is 1.21. The van der Waals surface area contributed by atoms with Crippen molar-refractivity contribution in [3.05, 3.63) is 35.9 Å². The molecule has 2 rings (SSSR count). The molecule has 4 heteroatoms. The molecule has 4 nitrogen and oxygen atoms in total. The Balaban J connectivity index is 2.08. The van der Waals surface area contributed by atoms with Gasteiger partial charge in [0, 0.05) is 45.4 Å². The molecule has 20 heavy (non-hydrogen) atoms. The first-order valence-electron chi connectivity index (χ1n) is 7.38. The van der Waals surface area contributed by atoms with E-state index in [0.29, 0.717) is 12.1 Å². The molecule has 0 spiro atoms. The summed E-state index contributed by atoms with van der Waals surface area (Å²) in [6.07, 6.45) is 0. The Morgan fingerprint density at radius 2 is 2.05 bits per heavy atom. The topological polar surface area (TPSA) is 27.7 Å². The number of nitrogens with zero attached hydrogens (tertiary/aromatic N) is 2. The number of ether oxygens (including phenoxy) is 1. The zero-order valence-electron chi connectivity index (χ0n) is 12.9. The van der Waals surface area contributed by atoms with Crippen molar-refractivity contribution in [1.29, 1.82) is 0 Å². The van der Waals surface area contributed by atoms with Gasteiger partial charge < -0.3 is 15.0 Å². The van der Waals surface area contributed by atoms with Crippen LogP contribution in [-0.2, 0) is 4.74 Å². The molecule has 1 aliphatic heterocycles. The number of methoxy groups -OCH3 is 1. The van der Waals surface area contributed by atoms with E-state index in [9.17, 15) is 0 Å². The summed E-state index contributed by atoms with van der Waals surface area (Å²) in [6.45, 7) is 5.11. The van der Waals surface area contributed by atoms with E-state index in [1.165, 1.54) is 5.56 Å². The van der Waals surface area contributed by atoms with Crippen LogP contribution in [0.25, 0.3) is 0 Å². The molecule has 2 unspecified atom stereocenters. The Kier molecular flexibility index (Phi) is 5.98. The van der Waals surface area contributed by atoms with Gasteiger partial charge in [-0.3, -0.25) is 4.90 Å². The van der Waals surface area contributed by atoms with E-state index in [2.05, 4.69) is 52.5 Å². The summed E-state index contributed by atoms with van der Waals surface area (Å²) in [5.41, 5.74) is 1.41. The molecule has 0 amide bonds. The predicted molar refractivity (Wildman–Crippen MR) is 83.0 cm³/mol. The second kappa shape index (κ2) is 7.74. The third-order valence-corrected chi connectivity index (χ3v) is 4.11. The van der Waals surface area contributed by atoms with E-state index in [4.69, 9.17) is 4.74 Å². The third kappa shape index (κ3) is 4.03. The van der Waals surface area contributed by atoms with Crippen molar-refractivity contribution in [3.8, 4) is 0 Å². The van der Waals surface area contributed by atoms with Crippen LogP contribution in [0.1, 0.15) is 11.6 Å². The van der Waals surface area contributed by atoms with Crippen LogP contribution in [0, 0.1) is 0 Å². The Morgan fingerprint density at radius 1 is 1.30 bits per heavy atom. The van der Waals surface area contributed by atoms with E-state index >= 15 is 0 Å². The van der Waals surface area contributed by atoms with Gasteiger partial charge in [-0.2, -0.15) is 0 Å². The molecule has 0 aromatic heterocycles. The van der Waals surface area contributed by atoms with Gasteiger partial charge in [-0.05, 0) is 19.7 Å². The first kappa shape index (κ1) is 15.4. The Labute approximate surface area is 122 Å². The van der Waals surface area contributed by atoms with Crippen LogP contribution in [0.3, 0.4) is 0 Å². The highest BCUT2D eigenvalue weighted by Gasteiger charge is 2.27. The van der Waals surface area contributed by atoms with Crippen LogP contribution in [0.4, 0.5) is 0 Å². The van der Waals surface area contributed by atoms with Gasteiger partial charge in [-0.15, -0.1) is 0 Å². The van der Waals surface area contributed by atoms with Crippen molar-refractivity contribution < 1.29 is 4.74 Å². The molecular formula is C16H27N3O. The second-order valence-corrected chi connectivity index (χ2v) is 5.62. The maximum atomic E-state index is 5.30. The van der Waals surface area contributed by atoms with E-state index in [-0.39, 0.29) is 0 Å². The lowest BCUT2D eigenvalue weighted by molar-refractivity contribution is 0.0657. The number of rotatable bonds is 6. The molecule has 1 aliphatic rings. The number of likely N-dealkylation sites (N-methyl/N-ethyl adjacent to an activating group) is 2.